The Morgan fingerprint density at radius 3 is 1.05 bits per heavy atom. The number of aliphatic carboxylic acids is 2. The molecule has 0 radical (unpaired) electrons. The summed E-state index contributed by atoms with van der Waals surface area (Å²) in [6, 6.07) is 1.81. The Balaban J connectivity index is 0.000000182. The Kier molecular flexibility index (Phi) is 32.0. The molecule has 9 N–H and O–H groups in total. The number of nitrogens with zero attached hydrogens (tertiary/aromatic N) is 13. The van der Waals surface area contributed by atoms with Gasteiger partial charge >= 0.3 is 36.1 Å². The van der Waals surface area contributed by atoms with E-state index in [0.29, 0.717) is 174 Å². The number of aliphatic hydroxyl groups is 1. The van der Waals surface area contributed by atoms with Crippen molar-refractivity contribution < 1.29 is 102 Å². The number of Topliss-reactive ketones (excluding diaryl/α,β-unsaturated/α-hetero) is 1. The number of hydrogen-bond acceptors (Lipinski definition) is 18. The van der Waals surface area contributed by atoms with Crippen molar-refractivity contribution in [2.75, 3.05) is 73.6 Å². The van der Waals surface area contributed by atoms with Gasteiger partial charge in [0.05, 0.1) is 28.8 Å². The molecule has 1 saturated heterocycles. The molecule has 8 aromatic rings. The van der Waals surface area contributed by atoms with Gasteiger partial charge in [-0.3, -0.25) is 19.3 Å². The number of carbonyl (C=O) groups is 9. The monoisotopic (exact) mass is 1840 g/mol. The first-order valence-electron chi connectivity index (χ1n) is 43.0. The van der Waals surface area contributed by atoms with Crippen molar-refractivity contribution in [1.82, 2.24) is 84.9 Å². The van der Waals surface area contributed by atoms with Crippen LogP contribution < -0.4 is 27.0 Å². The van der Waals surface area contributed by atoms with Gasteiger partial charge < -0.3 is 61.9 Å². The molecular formula is C91H114F10N18O12. The number of halogens is 10. The second-order valence-corrected chi connectivity index (χ2v) is 37.9. The summed E-state index contributed by atoms with van der Waals surface area (Å²) in [5.74, 6) is -13.0. The summed E-state index contributed by atoms with van der Waals surface area (Å²) in [6.45, 7) is 28.7. The van der Waals surface area contributed by atoms with Crippen molar-refractivity contribution in [3.8, 4) is 45.0 Å². The minimum Gasteiger partial charge on any atom is -0.480 e. The largest absolute Gasteiger partial charge is 0.480 e. The number of hydrogen-bond donors (Lipinski definition) is 8. The molecule has 0 unspecified atom stereocenters. The van der Waals surface area contributed by atoms with E-state index < -0.39 is 140 Å². The van der Waals surface area contributed by atoms with Crippen LogP contribution in [0.4, 0.5) is 63.1 Å². The van der Waals surface area contributed by atoms with Crippen molar-refractivity contribution in [2.45, 2.75) is 198 Å². The number of primary amides is 1. The molecule has 4 aromatic heterocycles. The highest BCUT2D eigenvalue weighted by Gasteiger charge is 2.43. The predicted octanol–water partition coefficient (Wildman–Crippen LogP) is 12.4. The van der Waals surface area contributed by atoms with Crippen LogP contribution in [0, 0.1) is 85.8 Å². The highest BCUT2D eigenvalue weighted by Crippen LogP contribution is 2.39. The van der Waals surface area contributed by atoms with Crippen LogP contribution in [0.25, 0.3) is 45.0 Å². The standard InChI is InChI=1S/C26H33F3N6O3.C24H31F3N4O3.C21H26F2N4O3.C20H24F2N4O3/c1-26(2,3)22(24(37)34-9-5-14(6-10-34)23(30)36)31-25(38)35-20-7-8-33(4)13-16(20)21(32-35)15-11-18(28)19(29)12-17(15)27;1-24(2,3)22(20(33)7-5-6-10-32)28-23(34)31-19-8-9-30(4)13-15(19)21(29-31)14-11-17(26)18(27)12-16(14)25;1-5-26-9-8-16-14(11-26)17(13-10-12(22)6-7-15(13)23)25-27(16)20(30)24-18(19(28)29)21(2,3)4;1-20(2,3)17(18(27)28)23-19(29)26-15-7-8-25(4)10-13(15)16(24-26)12-9-11(21)5-6-14(12)22/h11-12,14,22H,5-10,13H2,1-4H3,(H2,30,36)(H,31,38);11-12,22,32H,5-10,13H2,1-4H3,(H,28,34);6-7,10,18H,5,8-9,11H2,1-4H3,(H,24,30)(H,28,29);5-6,9,17H,7-8,10H2,1-4H3,(H,23,29)(H,27,28)/t2*22-;18-;17-/m1111/s1. The first-order valence-corrected chi connectivity index (χ1v) is 43.0. The zero-order valence-electron chi connectivity index (χ0n) is 76.2. The smallest absolute Gasteiger partial charge is 0.343 e. The first kappa shape index (κ1) is 101. The average molecular weight is 1840 g/mol. The molecule has 5 aliphatic rings. The SMILES string of the molecule is CCN1CCc2c(c(-c3cc(F)ccc3F)nn2C(=O)N[C@H](C(=O)O)C(C)(C)C)C1.CN1CCc2c(c(-c3cc(F)c(F)cc3F)nn2C(=O)N[C@H](C(=O)CCCCO)C(C)(C)C)C1.CN1CCc2c(c(-c3cc(F)c(F)cc3F)nn2C(=O)N[C@H](C(=O)N2CCC(C(N)=O)CC2)C(C)(C)C)C1.CN1CCc2c(c(-c3cc(F)ccc3F)nn2C(=O)N[C@H](C(=O)O)C(C)(C)C)C1. The van der Waals surface area contributed by atoms with Crippen LogP contribution >= 0.6 is 0 Å². The lowest BCUT2D eigenvalue weighted by molar-refractivity contribution is -0.142. The molecule has 30 nitrogen and oxygen atoms in total. The molecule has 131 heavy (non-hydrogen) atoms. The number of unbranched alkanes of at least 4 members (excludes halogenated alkanes) is 1. The van der Waals surface area contributed by atoms with Gasteiger partial charge in [0.25, 0.3) is 0 Å². The molecule has 0 spiro atoms. The zero-order valence-corrected chi connectivity index (χ0v) is 76.2. The lowest BCUT2D eigenvalue weighted by Gasteiger charge is -2.37. The number of aliphatic hydroxyl groups excluding tert-OH is 1. The molecule has 13 rings (SSSR count). The third-order valence-electron chi connectivity index (χ3n) is 23.6. The fraction of sp³-hybridized carbons (Fsp3) is 0.505. The number of nitrogens with one attached hydrogen (secondary N) is 4. The highest BCUT2D eigenvalue weighted by atomic mass is 19.2. The number of carbonyl (C=O) groups excluding carboxylic acids is 7. The maximum absolute atomic E-state index is 14.7. The Labute approximate surface area is 751 Å². The van der Waals surface area contributed by atoms with E-state index in [9.17, 15) is 97.3 Å². The van der Waals surface area contributed by atoms with E-state index in [2.05, 4.69) is 46.6 Å². The number of rotatable bonds is 18. The second-order valence-electron chi connectivity index (χ2n) is 37.9. The molecule has 4 aromatic carbocycles. The maximum atomic E-state index is 14.7. The van der Waals surface area contributed by atoms with E-state index in [1.54, 1.807) is 46.4 Å². The minimum absolute atomic E-state index is 0.0169. The van der Waals surface area contributed by atoms with Crippen LogP contribution in [0.1, 0.15) is 167 Å². The first-order chi connectivity index (χ1) is 61.2. The minimum atomic E-state index is -1.32. The van der Waals surface area contributed by atoms with Crippen LogP contribution in [0.3, 0.4) is 0 Å². The zero-order chi connectivity index (χ0) is 96.9. The number of likely N-dealkylation sites (tertiary alicyclic amines) is 1. The van der Waals surface area contributed by atoms with Gasteiger partial charge in [0.15, 0.2) is 29.1 Å². The Bertz CT molecular complexity index is 5640. The number of piperidine rings is 1. The van der Waals surface area contributed by atoms with Crippen molar-refractivity contribution in [1.29, 1.82) is 0 Å². The second kappa shape index (κ2) is 41.4. The van der Waals surface area contributed by atoms with Gasteiger partial charge in [-0.15, -0.1) is 0 Å². The van der Waals surface area contributed by atoms with E-state index in [4.69, 9.17) is 10.8 Å². The van der Waals surface area contributed by atoms with Crippen LogP contribution in [0.2, 0.25) is 0 Å². The fourth-order valence-electron chi connectivity index (χ4n) is 16.3. The van der Waals surface area contributed by atoms with Crippen molar-refractivity contribution in [3.05, 3.63) is 164 Å². The average Bonchev–Trinajstić information content (AvgIpc) is 1.62. The van der Waals surface area contributed by atoms with Crippen molar-refractivity contribution >= 4 is 53.7 Å². The summed E-state index contributed by atoms with van der Waals surface area (Å²) in [4.78, 5) is 123. The molecule has 710 valence electrons. The number of ketones is 1. The van der Waals surface area contributed by atoms with Crippen molar-refractivity contribution in [3.63, 3.8) is 0 Å². The van der Waals surface area contributed by atoms with Gasteiger partial charge in [0.2, 0.25) is 11.8 Å². The van der Waals surface area contributed by atoms with Gasteiger partial charge in [0.1, 0.15) is 75.8 Å². The van der Waals surface area contributed by atoms with E-state index in [0.717, 1.165) is 73.8 Å². The number of carboxylic acid groups (broad SMARTS) is 2. The quantitative estimate of drug-likeness (QED) is 0.0225. The normalized spacial score (nSPS) is 16.1. The topological polar surface area (TPSA) is 376 Å². The highest BCUT2D eigenvalue weighted by molar-refractivity contribution is 5.92. The number of carboxylic acids is 2. The maximum Gasteiger partial charge on any atom is 0.343 e. The van der Waals surface area contributed by atoms with E-state index >= 15 is 0 Å². The van der Waals surface area contributed by atoms with Gasteiger partial charge in [0, 0.05) is 167 Å². The molecular weight excluding hydrogens is 1730 g/mol. The van der Waals surface area contributed by atoms with Crippen LogP contribution in [0.15, 0.2) is 60.7 Å². The molecule has 1 fully saturated rings. The van der Waals surface area contributed by atoms with Gasteiger partial charge in [-0.05, 0) is 124 Å². The van der Waals surface area contributed by atoms with E-state index in [1.165, 1.54) is 0 Å². The van der Waals surface area contributed by atoms with Crippen molar-refractivity contribution in [2.24, 2.45) is 33.3 Å². The molecule has 4 atom stereocenters. The van der Waals surface area contributed by atoms with Gasteiger partial charge in [-0.2, -0.15) is 39.1 Å². The van der Waals surface area contributed by atoms with Crippen LogP contribution in [-0.4, -0.2) is 230 Å². The number of likely N-dealkylation sites (N-methyl/N-ethyl adjacent to an activating group) is 4. The number of aromatic nitrogens is 8. The molecule has 0 saturated carbocycles. The third-order valence-corrected chi connectivity index (χ3v) is 23.6. The molecule has 5 aliphatic heterocycles. The van der Waals surface area contributed by atoms with Crippen LogP contribution in [0.5, 0.6) is 0 Å². The Morgan fingerprint density at radius 2 is 0.725 bits per heavy atom. The summed E-state index contributed by atoms with van der Waals surface area (Å²) < 4.78 is 145. The predicted molar refractivity (Wildman–Crippen MR) is 463 cm³/mol. The summed E-state index contributed by atoms with van der Waals surface area (Å²) in [7, 11) is 5.58. The summed E-state index contributed by atoms with van der Waals surface area (Å²) in [5.41, 5.74) is 7.18. The summed E-state index contributed by atoms with van der Waals surface area (Å²) in [6.07, 6.45) is 3.89. The Hall–Kier alpha value is -11.8. The molecule has 0 bridgehead atoms. The van der Waals surface area contributed by atoms with Gasteiger partial charge in [-0.1, -0.05) is 90.0 Å². The fourth-order valence-corrected chi connectivity index (χ4v) is 16.3. The van der Waals surface area contributed by atoms with E-state index in [1.807, 2.05) is 84.3 Å². The third kappa shape index (κ3) is 23.8. The molecule has 6 amide bonds. The number of nitrogens with two attached hydrogens (primary N) is 1. The Morgan fingerprint density at radius 1 is 0.412 bits per heavy atom. The number of benzene rings is 4. The number of amides is 6. The number of fused-ring (bicyclic) bond motifs is 4. The molecule has 0 aliphatic carbocycles. The molecule has 40 heteroatoms. The van der Waals surface area contributed by atoms with Gasteiger partial charge in [-0.25, -0.2) is 72.7 Å². The van der Waals surface area contributed by atoms with E-state index in [-0.39, 0.29) is 81.6 Å². The summed E-state index contributed by atoms with van der Waals surface area (Å²) >= 11 is 0. The lowest BCUT2D eigenvalue weighted by Crippen LogP contribution is -2.57. The lowest BCUT2D eigenvalue weighted by atomic mass is 9.83. The molecule has 9 heterocycles. The van der Waals surface area contributed by atoms with Crippen LogP contribution in [-0.2, 0) is 75.8 Å². The summed E-state index contributed by atoms with van der Waals surface area (Å²) in [5, 5.41) is 55.8.